The fraction of sp³-hybridized carbons (Fsp3) is 0.0556. The molecule has 0 nitrogen and oxygen atoms in total. The average molecular weight is 459 g/mol. The normalized spacial score (nSPS) is 15.4. The topological polar surface area (TPSA) is 0 Å². The van der Waals surface area contributed by atoms with Gasteiger partial charge < -0.3 is 0 Å². The number of benzene rings is 6. The SMILES string of the molecule is C1=CC(c2ccc3ccccc3c2)CC=C1c1ccc2cc(-c3ccc4ccccc4c3)ccc2c1. The van der Waals surface area contributed by atoms with E-state index in [0.29, 0.717) is 5.92 Å². The van der Waals surface area contributed by atoms with Crippen LogP contribution in [0.25, 0.3) is 49.0 Å². The molecule has 0 saturated carbocycles. The average Bonchev–Trinajstić information content (AvgIpc) is 2.96. The second-order valence-corrected chi connectivity index (χ2v) is 9.81. The van der Waals surface area contributed by atoms with Crippen molar-refractivity contribution in [3.8, 4) is 11.1 Å². The Bertz CT molecular complexity index is 1820. The molecule has 0 spiro atoms. The molecule has 1 unspecified atom stereocenters. The first kappa shape index (κ1) is 20.9. The third-order valence-electron chi connectivity index (χ3n) is 7.56. The third kappa shape index (κ3) is 3.82. The fourth-order valence-corrected chi connectivity index (χ4v) is 5.49. The van der Waals surface area contributed by atoms with Crippen molar-refractivity contribution >= 4 is 37.9 Å². The maximum Gasteiger partial charge on any atom is 0.00563 e. The summed E-state index contributed by atoms with van der Waals surface area (Å²) in [5.74, 6) is 0.434. The maximum absolute atomic E-state index is 2.39. The van der Waals surface area contributed by atoms with Crippen LogP contribution in [-0.4, -0.2) is 0 Å². The zero-order chi connectivity index (χ0) is 23.9. The van der Waals surface area contributed by atoms with E-state index in [1.54, 1.807) is 0 Å². The van der Waals surface area contributed by atoms with E-state index in [0.717, 1.165) is 6.42 Å². The zero-order valence-corrected chi connectivity index (χ0v) is 20.1. The van der Waals surface area contributed by atoms with E-state index in [2.05, 4.69) is 140 Å². The molecular weight excluding hydrogens is 432 g/mol. The van der Waals surface area contributed by atoms with Gasteiger partial charge in [-0.2, -0.15) is 0 Å². The highest BCUT2D eigenvalue weighted by atomic mass is 14.2. The number of fused-ring (bicyclic) bond motifs is 3. The van der Waals surface area contributed by atoms with Gasteiger partial charge in [0.1, 0.15) is 0 Å². The van der Waals surface area contributed by atoms with Gasteiger partial charge >= 0.3 is 0 Å². The van der Waals surface area contributed by atoms with E-state index in [9.17, 15) is 0 Å². The first-order valence-corrected chi connectivity index (χ1v) is 12.7. The van der Waals surface area contributed by atoms with Crippen molar-refractivity contribution in [1.82, 2.24) is 0 Å². The van der Waals surface area contributed by atoms with E-state index >= 15 is 0 Å². The van der Waals surface area contributed by atoms with Gasteiger partial charge in [-0.1, -0.05) is 121 Å². The maximum atomic E-state index is 2.39. The molecule has 0 fully saturated rings. The summed E-state index contributed by atoms with van der Waals surface area (Å²) < 4.78 is 0. The van der Waals surface area contributed by atoms with Gasteiger partial charge in [-0.25, -0.2) is 0 Å². The van der Waals surface area contributed by atoms with Crippen LogP contribution in [-0.2, 0) is 0 Å². The van der Waals surface area contributed by atoms with E-state index in [-0.39, 0.29) is 0 Å². The van der Waals surface area contributed by atoms with Crippen molar-refractivity contribution in [2.75, 3.05) is 0 Å². The Balaban J connectivity index is 1.14. The molecule has 36 heavy (non-hydrogen) atoms. The highest BCUT2D eigenvalue weighted by Crippen LogP contribution is 2.34. The second kappa shape index (κ2) is 8.66. The molecule has 6 aromatic rings. The molecule has 1 aliphatic rings. The molecule has 0 amide bonds. The Morgan fingerprint density at radius 3 is 1.58 bits per heavy atom. The van der Waals surface area contributed by atoms with E-state index < -0.39 is 0 Å². The van der Waals surface area contributed by atoms with Crippen LogP contribution in [0, 0.1) is 0 Å². The lowest BCUT2D eigenvalue weighted by Gasteiger charge is -2.18. The highest BCUT2D eigenvalue weighted by Gasteiger charge is 2.13. The lowest BCUT2D eigenvalue weighted by Crippen LogP contribution is -1.98. The second-order valence-electron chi connectivity index (χ2n) is 9.81. The van der Waals surface area contributed by atoms with Crippen LogP contribution >= 0.6 is 0 Å². The Hall–Kier alpha value is -4.42. The molecule has 6 aromatic carbocycles. The first-order valence-electron chi connectivity index (χ1n) is 12.7. The quantitative estimate of drug-likeness (QED) is 0.247. The van der Waals surface area contributed by atoms with Gasteiger partial charge in [-0.3, -0.25) is 0 Å². The Labute approximate surface area is 211 Å². The number of rotatable bonds is 3. The number of hydrogen-bond acceptors (Lipinski definition) is 0. The van der Waals surface area contributed by atoms with Crippen molar-refractivity contribution in [3.63, 3.8) is 0 Å². The Morgan fingerprint density at radius 1 is 0.444 bits per heavy atom. The molecule has 0 bridgehead atoms. The molecule has 0 heterocycles. The van der Waals surface area contributed by atoms with Crippen LogP contribution < -0.4 is 0 Å². The summed E-state index contributed by atoms with van der Waals surface area (Å²) in [5, 5.41) is 7.74. The van der Waals surface area contributed by atoms with Crippen LogP contribution in [0.3, 0.4) is 0 Å². The van der Waals surface area contributed by atoms with E-state index in [1.165, 1.54) is 60.1 Å². The highest BCUT2D eigenvalue weighted by molar-refractivity contribution is 5.93. The van der Waals surface area contributed by atoms with Gasteiger partial charge in [0.05, 0.1) is 0 Å². The molecule has 0 N–H and O–H groups in total. The standard InChI is InChI=1S/C36H26/c1-3-7-29-21-31(15-13-25(29)5-1)27-9-11-28(12-10-27)32-17-18-35-24-36(20-19-34(35)23-32)33-16-14-26-6-2-4-8-30(26)22-33/h1-9,11-24,27H,10H2. The van der Waals surface area contributed by atoms with Crippen LogP contribution in [0.5, 0.6) is 0 Å². The van der Waals surface area contributed by atoms with Gasteiger partial charge in [0.15, 0.2) is 0 Å². The van der Waals surface area contributed by atoms with Gasteiger partial charge in [0, 0.05) is 5.92 Å². The Morgan fingerprint density at radius 2 is 0.944 bits per heavy atom. The van der Waals surface area contributed by atoms with Crippen molar-refractivity contribution in [2.45, 2.75) is 12.3 Å². The van der Waals surface area contributed by atoms with Gasteiger partial charge in [0.2, 0.25) is 0 Å². The molecular formula is C36H26. The van der Waals surface area contributed by atoms with Gasteiger partial charge in [-0.05, 0) is 84.8 Å². The summed E-state index contributed by atoms with van der Waals surface area (Å²) >= 11 is 0. The molecule has 1 aliphatic carbocycles. The molecule has 170 valence electrons. The smallest absolute Gasteiger partial charge is 0.00563 e. The zero-order valence-electron chi connectivity index (χ0n) is 20.1. The summed E-state index contributed by atoms with van der Waals surface area (Å²) in [7, 11) is 0. The first-order chi connectivity index (χ1) is 17.8. The van der Waals surface area contributed by atoms with Crippen molar-refractivity contribution in [3.05, 3.63) is 151 Å². The van der Waals surface area contributed by atoms with Gasteiger partial charge in [-0.15, -0.1) is 0 Å². The lowest BCUT2D eigenvalue weighted by molar-refractivity contribution is 0.858. The summed E-state index contributed by atoms with van der Waals surface area (Å²) in [5.41, 5.74) is 6.51. The predicted molar refractivity (Wildman–Crippen MR) is 155 cm³/mol. The molecule has 0 radical (unpaired) electrons. The van der Waals surface area contributed by atoms with E-state index in [1.807, 2.05) is 0 Å². The lowest BCUT2D eigenvalue weighted by atomic mass is 9.87. The third-order valence-corrected chi connectivity index (χ3v) is 7.56. The minimum atomic E-state index is 0.434. The summed E-state index contributed by atoms with van der Waals surface area (Å²) in [6.45, 7) is 0. The van der Waals surface area contributed by atoms with Crippen LogP contribution in [0.15, 0.2) is 140 Å². The molecule has 0 aromatic heterocycles. The predicted octanol–water partition coefficient (Wildman–Crippen LogP) is 9.94. The monoisotopic (exact) mass is 458 g/mol. The number of allylic oxidation sites excluding steroid dienone is 4. The fourth-order valence-electron chi connectivity index (χ4n) is 5.49. The summed E-state index contributed by atoms with van der Waals surface area (Å²) in [6.07, 6.45) is 8.09. The van der Waals surface area contributed by atoms with Crippen molar-refractivity contribution < 1.29 is 0 Å². The number of hydrogen-bond donors (Lipinski definition) is 0. The van der Waals surface area contributed by atoms with Crippen LogP contribution in [0.4, 0.5) is 0 Å². The van der Waals surface area contributed by atoms with Crippen LogP contribution in [0.2, 0.25) is 0 Å². The summed E-state index contributed by atoms with van der Waals surface area (Å²) in [4.78, 5) is 0. The molecule has 0 heteroatoms. The van der Waals surface area contributed by atoms with Crippen molar-refractivity contribution in [2.24, 2.45) is 0 Å². The largest absolute Gasteiger partial charge is 0.0761 e. The minimum Gasteiger partial charge on any atom is -0.0761 e. The molecule has 0 saturated heterocycles. The van der Waals surface area contributed by atoms with E-state index in [4.69, 9.17) is 0 Å². The van der Waals surface area contributed by atoms with Crippen LogP contribution in [0.1, 0.15) is 23.5 Å². The summed E-state index contributed by atoms with van der Waals surface area (Å²) in [6, 6.07) is 44.4. The van der Waals surface area contributed by atoms with Gasteiger partial charge in [0.25, 0.3) is 0 Å². The molecule has 1 atom stereocenters. The minimum absolute atomic E-state index is 0.434. The van der Waals surface area contributed by atoms with Crippen molar-refractivity contribution in [1.29, 1.82) is 0 Å². The Kier molecular flexibility index (Phi) is 5.03. The molecule has 7 rings (SSSR count). The molecule has 0 aliphatic heterocycles.